The number of hydrogen-bond acceptors (Lipinski definition) is 3. The van der Waals surface area contributed by atoms with E-state index in [0.717, 1.165) is 28.8 Å². The quantitative estimate of drug-likeness (QED) is 0.609. The van der Waals surface area contributed by atoms with Crippen LogP contribution < -0.4 is 5.32 Å². The molecular formula is C16H14F4N2O3S. The summed E-state index contributed by atoms with van der Waals surface area (Å²) < 4.78 is 77.0. The van der Waals surface area contributed by atoms with Gasteiger partial charge in [0.15, 0.2) is 17.5 Å². The van der Waals surface area contributed by atoms with Gasteiger partial charge in [0.1, 0.15) is 5.82 Å². The van der Waals surface area contributed by atoms with E-state index in [9.17, 15) is 30.8 Å². The van der Waals surface area contributed by atoms with Crippen LogP contribution in [0.25, 0.3) is 0 Å². The minimum Gasteiger partial charge on any atom is -0.322 e. The van der Waals surface area contributed by atoms with E-state index in [-0.39, 0.29) is 6.54 Å². The molecule has 0 bridgehead atoms. The van der Waals surface area contributed by atoms with E-state index in [2.05, 4.69) is 0 Å². The Morgan fingerprint density at radius 3 is 2.19 bits per heavy atom. The second-order valence-corrected chi connectivity index (χ2v) is 7.41. The van der Waals surface area contributed by atoms with Crippen molar-refractivity contribution in [2.75, 3.05) is 18.1 Å². The van der Waals surface area contributed by atoms with Crippen LogP contribution in [0.5, 0.6) is 0 Å². The number of hydrogen-bond donors (Lipinski definition) is 1. The molecule has 0 aliphatic rings. The van der Waals surface area contributed by atoms with Crippen molar-refractivity contribution in [1.82, 2.24) is 4.31 Å². The van der Waals surface area contributed by atoms with Crippen LogP contribution in [0.4, 0.5) is 23.2 Å². The molecule has 26 heavy (non-hydrogen) atoms. The van der Waals surface area contributed by atoms with Crippen molar-refractivity contribution in [2.24, 2.45) is 0 Å². The summed E-state index contributed by atoms with van der Waals surface area (Å²) in [7, 11) is -3.83. The lowest BCUT2D eigenvalue weighted by molar-refractivity contribution is -0.116. The molecule has 0 fully saturated rings. The summed E-state index contributed by atoms with van der Waals surface area (Å²) in [5, 5.41) is 1.99. The van der Waals surface area contributed by atoms with E-state index >= 15 is 0 Å². The van der Waals surface area contributed by atoms with Gasteiger partial charge in [0.25, 0.3) is 0 Å². The number of rotatable bonds is 6. The summed E-state index contributed by atoms with van der Waals surface area (Å²) in [6, 6.07) is 6.40. The summed E-state index contributed by atoms with van der Waals surface area (Å²) >= 11 is 0. The Kier molecular flexibility index (Phi) is 5.98. The van der Waals surface area contributed by atoms with Crippen molar-refractivity contribution in [1.29, 1.82) is 0 Å². The Bertz CT molecular complexity index is 918. The van der Waals surface area contributed by atoms with Gasteiger partial charge in [-0.15, -0.1) is 0 Å². The highest BCUT2D eigenvalue weighted by Crippen LogP contribution is 2.19. The summed E-state index contributed by atoms with van der Waals surface area (Å²) in [6.45, 7) is -0.929. The van der Waals surface area contributed by atoms with Crippen molar-refractivity contribution in [3.63, 3.8) is 0 Å². The van der Waals surface area contributed by atoms with Crippen LogP contribution in [0.3, 0.4) is 0 Å². The van der Waals surface area contributed by atoms with Crippen LogP contribution in [0.15, 0.2) is 36.4 Å². The van der Waals surface area contributed by atoms with Crippen molar-refractivity contribution < 1.29 is 30.8 Å². The van der Waals surface area contributed by atoms with E-state index in [1.807, 2.05) is 5.32 Å². The number of benzene rings is 2. The monoisotopic (exact) mass is 390 g/mol. The number of carbonyl (C=O) groups is 1. The molecular weight excluding hydrogens is 376 g/mol. The van der Waals surface area contributed by atoms with Crippen molar-refractivity contribution in [2.45, 2.75) is 6.54 Å². The summed E-state index contributed by atoms with van der Waals surface area (Å²) in [6.07, 6.45) is 0.863. The smallest absolute Gasteiger partial charge is 0.239 e. The first-order valence-electron chi connectivity index (χ1n) is 7.21. The minimum atomic E-state index is -3.83. The van der Waals surface area contributed by atoms with E-state index in [4.69, 9.17) is 0 Å². The van der Waals surface area contributed by atoms with Crippen molar-refractivity contribution >= 4 is 21.6 Å². The average molecular weight is 390 g/mol. The van der Waals surface area contributed by atoms with Gasteiger partial charge in [0.2, 0.25) is 15.9 Å². The summed E-state index contributed by atoms with van der Waals surface area (Å²) in [4.78, 5) is 12.0. The van der Waals surface area contributed by atoms with Crippen LogP contribution in [-0.2, 0) is 21.4 Å². The number of nitrogens with zero attached hydrogens (tertiary/aromatic N) is 1. The largest absolute Gasteiger partial charge is 0.322 e. The molecule has 0 unspecified atom stereocenters. The standard InChI is InChI=1S/C16H14F4N2O3S/c1-26(24,25)22(8-10-2-4-11(17)5-3-10)9-14(23)21-13-7-6-12(18)15(19)16(13)20/h2-7H,8-9H2,1H3,(H,21,23). The first-order valence-corrected chi connectivity index (χ1v) is 9.05. The normalized spacial score (nSPS) is 11.6. The Balaban J connectivity index is 2.14. The maximum Gasteiger partial charge on any atom is 0.239 e. The lowest BCUT2D eigenvalue weighted by Crippen LogP contribution is -2.37. The molecule has 10 heteroatoms. The zero-order chi connectivity index (χ0) is 19.5. The van der Waals surface area contributed by atoms with E-state index in [1.165, 1.54) is 12.1 Å². The molecule has 0 radical (unpaired) electrons. The lowest BCUT2D eigenvalue weighted by atomic mass is 10.2. The zero-order valence-electron chi connectivity index (χ0n) is 13.5. The third kappa shape index (κ3) is 5.02. The topological polar surface area (TPSA) is 66.5 Å². The van der Waals surface area contributed by atoms with Crippen LogP contribution >= 0.6 is 0 Å². The van der Waals surface area contributed by atoms with Gasteiger partial charge in [-0.2, -0.15) is 4.31 Å². The fourth-order valence-corrected chi connectivity index (χ4v) is 2.79. The molecule has 140 valence electrons. The molecule has 2 rings (SSSR count). The highest BCUT2D eigenvalue weighted by molar-refractivity contribution is 7.88. The molecule has 0 saturated heterocycles. The van der Waals surface area contributed by atoms with E-state index in [0.29, 0.717) is 11.6 Å². The second-order valence-electron chi connectivity index (χ2n) is 5.43. The molecule has 0 aliphatic carbocycles. The molecule has 2 aromatic carbocycles. The highest BCUT2D eigenvalue weighted by Gasteiger charge is 2.22. The molecule has 2 aromatic rings. The Morgan fingerprint density at radius 2 is 1.62 bits per heavy atom. The fraction of sp³-hybridized carbons (Fsp3) is 0.188. The number of anilines is 1. The molecule has 5 nitrogen and oxygen atoms in total. The predicted molar refractivity (Wildman–Crippen MR) is 86.6 cm³/mol. The Labute approximate surface area is 147 Å². The Morgan fingerprint density at radius 1 is 1.00 bits per heavy atom. The van der Waals surface area contributed by atoms with Gasteiger partial charge in [-0.1, -0.05) is 12.1 Å². The molecule has 1 N–H and O–H groups in total. The first-order chi connectivity index (χ1) is 12.1. The number of nitrogens with one attached hydrogen (secondary N) is 1. The predicted octanol–water partition coefficient (Wildman–Crippen LogP) is 2.64. The van der Waals surface area contributed by atoms with Gasteiger partial charge in [-0.25, -0.2) is 26.0 Å². The maximum absolute atomic E-state index is 13.6. The summed E-state index contributed by atoms with van der Waals surface area (Å²) in [5.74, 6) is -6.24. The highest BCUT2D eigenvalue weighted by atomic mass is 32.2. The van der Waals surface area contributed by atoms with Crippen LogP contribution in [0, 0.1) is 23.3 Å². The molecule has 0 saturated carbocycles. The van der Waals surface area contributed by atoms with Gasteiger partial charge in [-0.05, 0) is 29.8 Å². The molecule has 0 atom stereocenters. The van der Waals surface area contributed by atoms with Gasteiger partial charge >= 0.3 is 0 Å². The third-order valence-electron chi connectivity index (χ3n) is 3.37. The van der Waals surface area contributed by atoms with Gasteiger partial charge < -0.3 is 5.32 Å². The van der Waals surface area contributed by atoms with Crippen LogP contribution in [-0.4, -0.2) is 31.4 Å². The summed E-state index contributed by atoms with van der Waals surface area (Å²) in [5.41, 5.74) is -0.201. The molecule has 1 amide bonds. The van der Waals surface area contributed by atoms with Crippen molar-refractivity contribution in [3.05, 3.63) is 65.2 Å². The molecule has 0 heterocycles. The third-order valence-corrected chi connectivity index (χ3v) is 4.57. The zero-order valence-corrected chi connectivity index (χ0v) is 14.3. The number of sulfonamides is 1. The lowest BCUT2D eigenvalue weighted by Gasteiger charge is -2.19. The van der Waals surface area contributed by atoms with Gasteiger partial charge in [0, 0.05) is 6.54 Å². The van der Waals surface area contributed by atoms with Crippen molar-refractivity contribution in [3.8, 4) is 0 Å². The van der Waals surface area contributed by atoms with E-state index in [1.54, 1.807) is 0 Å². The Hall–Kier alpha value is -2.46. The molecule has 0 aliphatic heterocycles. The maximum atomic E-state index is 13.6. The van der Waals surface area contributed by atoms with E-state index < -0.39 is 51.4 Å². The molecule has 0 aromatic heterocycles. The van der Waals surface area contributed by atoms with Gasteiger partial charge in [-0.3, -0.25) is 4.79 Å². The number of amides is 1. The average Bonchev–Trinajstić information content (AvgIpc) is 2.56. The SMILES string of the molecule is CS(=O)(=O)N(CC(=O)Nc1ccc(F)c(F)c1F)Cc1ccc(F)cc1. The van der Waals surface area contributed by atoms with Crippen LogP contribution in [0.1, 0.15) is 5.56 Å². The number of halogens is 4. The minimum absolute atomic E-state index is 0.229. The fourth-order valence-electron chi connectivity index (χ4n) is 2.06. The number of carbonyl (C=O) groups excluding carboxylic acids is 1. The molecule has 0 spiro atoms. The van der Waals surface area contributed by atoms with Gasteiger partial charge in [0.05, 0.1) is 18.5 Å². The van der Waals surface area contributed by atoms with Crippen LogP contribution in [0.2, 0.25) is 0 Å². The second kappa shape index (κ2) is 7.83. The first kappa shape index (κ1) is 19.9.